The fourth-order valence-corrected chi connectivity index (χ4v) is 8.36. The Labute approximate surface area is 354 Å². The molecule has 1 heterocycles. The number of sulfonamides is 2. The lowest BCUT2D eigenvalue weighted by molar-refractivity contribution is -0.140. The normalized spacial score (nSPS) is 11.4. The van der Waals surface area contributed by atoms with Crippen molar-refractivity contribution in [3.05, 3.63) is 156 Å². The number of H-pyrrole nitrogens is 1. The molecule has 0 saturated heterocycles. The first-order valence-electron chi connectivity index (χ1n) is 20.2. The van der Waals surface area contributed by atoms with Crippen LogP contribution in [0.1, 0.15) is 61.3 Å². The number of carbonyl (C=O) groups excluding carboxylic acids is 1. The first-order chi connectivity index (χ1) is 29.1. The van der Waals surface area contributed by atoms with Gasteiger partial charge in [-0.1, -0.05) is 92.6 Å². The van der Waals surface area contributed by atoms with Crippen LogP contribution in [0.3, 0.4) is 0 Å². The first kappa shape index (κ1) is 45.6. The number of carbonyl (C=O) groups is 1. The monoisotopic (exact) mass is 853 g/mol. The van der Waals surface area contributed by atoms with Gasteiger partial charge in [0.1, 0.15) is 18.1 Å². The fraction of sp³-hybridized carbons (Fsp3) is 0.298. The molecule has 3 N–H and O–H groups in total. The van der Waals surface area contributed by atoms with E-state index in [0.29, 0.717) is 57.7 Å². The summed E-state index contributed by atoms with van der Waals surface area (Å²) in [5, 5.41) is 1.12. The maximum Gasteiger partial charge on any atom is 0.305 e. The minimum Gasteiger partial charge on any atom is -0.494 e. The molecule has 13 heteroatoms. The third-order valence-corrected chi connectivity index (χ3v) is 12.7. The minimum atomic E-state index is -3.55. The number of aromatic amines is 1. The number of esters is 1. The lowest BCUT2D eigenvalue weighted by atomic mass is 10.1. The van der Waals surface area contributed by atoms with Gasteiger partial charge in [0.2, 0.25) is 20.0 Å². The van der Waals surface area contributed by atoms with Crippen molar-refractivity contribution >= 4 is 36.9 Å². The van der Waals surface area contributed by atoms with E-state index in [-0.39, 0.29) is 15.8 Å². The van der Waals surface area contributed by atoms with Gasteiger partial charge in [0.25, 0.3) is 0 Å². The van der Waals surface area contributed by atoms with Gasteiger partial charge in [-0.3, -0.25) is 4.79 Å². The third kappa shape index (κ3) is 14.7. The largest absolute Gasteiger partial charge is 0.494 e. The maximum absolute atomic E-state index is 12.6. The fourth-order valence-electron chi connectivity index (χ4n) is 6.26. The van der Waals surface area contributed by atoms with Crippen LogP contribution in [0.4, 0.5) is 0 Å². The molecule has 0 amide bonds. The highest BCUT2D eigenvalue weighted by Crippen LogP contribution is 2.19. The Morgan fingerprint density at radius 3 is 1.85 bits per heavy atom. The molecule has 0 radical (unpaired) electrons. The Balaban J connectivity index is 0.000000228. The van der Waals surface area contributed by atoms with Gasteiger partial charge in [-0.15, -0.1) is 0 Å². The molecule has 6 aromatic rings. The topological polar surface area (TPSA) is 153 Å². The molecule has 6 rings (SSSR count). The van der Waals surface area contributed by atoms with Gasteiger partial charge in [-0.2, -0.15) is 0 Å². The predicted molar refractivity (Wildman–Crippen MR) is 236 cm³/mol. The molecule has 0 aliphatic rings. The summed E-state index contributed by atoms with van der Waals surface area (Å²) in [7, 11) is -5.68. The number of rotatable bonds is 22. The zero-order valence-electron chi connectivity index (χ0n) is 34.3. The number of nitrogens with one attached hydrogen (secondary N) is 3. The van der Waals surface area contributed by atoms with Crippen molar-refractivity contribution in [1.82, 2.24) is 14.4 Å². The van der Waals surface area contributed by atoms with E-state index in [1.807, 2.05) is 97.2 Å². The summed E-state index contributed by atoms with van der Waals surface area (Å²) in [5.41, 5.74) is 5.25. The zero-order valence-corrected chi connectivity index (χ0v) is 35.9. The highest BCUT2D eigenvalue weighted by Gasteiger charge is 2.15. The van der Waals surface area contributed by atoms with Crippen LogP contribution in [0, 0.1) is 0 Å². The van der Waals surface area contributed by atoms with Crippen LogP contribution in [0.5, 0.6) is 11.5 Å². The summed E-state index contributed by atoms with van der Waals surface area (Å²) in [6.45, 7) is 3.59. The van der Waals surface area contributed by atoms with Crippen LogP contribution in [-0.2, 0) is 55.4 Å². The number of methoxy groups -OCH3 is 1. The molecule has 11 nitrogen and oxygen atoms in total. The van der Waals surface area contributed by atoms with E-state index in [0.717, 1.165) is 51.7 Å². The zero-order chi connectivity index (χ0) is 42.6. The molecule has 0 atom stereocenters. The molecule has 1 aromatic heterocycles. The molecule has 0 aliphatic carbocycles. The first-order valence-corrected chi connectivity index (χ1v) is 23.2. The molecule has 0 aliphatic heterocycles. The van der Waals surface area contributed by atoms with Gasteiger partial charge in [-0.25, -0.2) is 26.3 Å². The molecular formula is C47H55N3O8S2. The predicted octanol–water partition coefficient (Wildman–Crippen LogP) is 8.54. The number of hydrogen-bond donors (Lipinski definition) is 3. The van der Waals surface area contributed by atoms with Crippen LogP contribution < -0.4 is 18.9 Å². The van der Waals surface area contributed by atoms with Crippen molar-refractivity contribution in [3.63, 3.8) is 0 Å². The number of ether oxygens (including phenoxy) is 3. The number of para-hydroxylation sites is 2. The Hall–Kier alpha value is -5.47. The third-order valence-electron chi connectivity index (χ3n) is 9.70. The molecule has 5 aromatic carbocycles. The maximum atomic E-state index is 12.6. The minimum absolute atomic E-state index is 0.231. The lowest BCUT2D eigenvalue weighted by Crippen LogP contribution is -2.26. The van der Waals surface area contributed by atoms with Gasteiger partial charge in [0.05, 0.1) is 23.5 Å². The summed E-state index contributed by atoms with van der Waals surface area (Å²) in [4.78, 5) is 14.9. The Morgan fingerprint density at radius 1 is 0.600 bits per heavy atom. The molecule has 60 heavy (non-hydrogen) atoms. The van der Waals surface area contributed by atoms with Crippen LogP contribution >= 0.6 is 0 Å². The Kier molecular flexibility index (Phi) is 17.8. The van der Waals surface area contributed by atoms with E-state index < -0.39 is 20.0 Å². The number of benzene rings is 5. The van der Waals surface area contributed by atoms with Crippen molar-refractivity contribution < 1.29 is 35.8 Å². The number of hydrogen-bond acceptors (Lipinski definition) is 8. The number of aromatic nitrogens is 1. The van der Waals surface area contributed by atoms with Crippen molar-refractivity contribution in [2.24, 2.45) is 0 Å². The summed E-state index contributed by atoms with van der Waals surface area (Å²) >= 11 is 0. The summed E-state index contributed by atoms with van der Waals surface area (Å²) in [6.07, 6.45) is 8.52. The van der Waals surface area contributed by atoms with E-state index in [4.69, 9.17) is 9.47 Å². The van der Waals surface area contributed by atoms with E-state index >= 15 is 0 Å². The molecule has 0 fully saturated rings. The number of fused-ring (bicyclic) bond motifs is 1. The molecule has 318 valence electrons. The quantitative estimate of drug-likeness (QED) is 0.0454. The molecule has 0 unspecified atom stereocenters. The van der Waals surface area contributed by atoms with E-state index in [9.17, 15) is 21.6 Å². The number of aryl methyl sites for hydroxylation is 2. The smallest absolute Gasteiger partial charge is 0.305 e. The van der Waals surface area contributed by atoms with Crippen molar-refractivity contribution in [2.75, 3.05) is 26.8 Å². The van der Waals surface area contributed by atoms with Crippen LogP contribution in [-0.4, -0.2) is 54.6 Å². The Bertz CT molecular complexity index is 2420. The van der Waals surface area contributed by atoms with Gasteiger partial charge >= 0.3 is 5.97 Å². The second kappa shape index (κ2) is 23.4. The van der Waals surface area contributed by atoms with E-state index in [1.54, 1.807) is 36.4 Å². The van der Waals surface area contributed by atoms with Crippen LogP contribution in [0.25, 0.3) is 10.9 Å². The second-order valence-electron chi connectivity index (χ2n) is 14.2. The highest BCUT2D eigenvalue weighted by atomic mass is 32.2. The van der Waals surface area contributed by atoms with E-state index in [2.05, 4.69) is 26.1 Å². The Morgan fingerprint density at radius 2 is 1.18 bits per heavy atom. The number of unbranched alkanes of at least 4 members (excludes halogenated alkanes) is 2. The van der Waals surface area contributed by atoms with E-state index in [1.165, 1.54) is 20.0 Å². The van der Waals surface area contributed by atoms with Crippen LogP contribution in [0.15, 0.2) is 143 Å². The van der Waals surface area contributed by atoms with Gasteiger partial charge in [0.15, 0.2) is 0 Å². The van der Waals surface area contributed by atoms with Gasteiger partial charge in [0, 0.05) is 36.6 Å². The molecule has 0 spiro atoms. The van der Waals surface area contributed by atoms with Crippen molar-refractivity contribution in [1.29, 1.82) is 0 Å². The highest BCUT2D eigenvalue weighted by molar-refractivity contribution is 7.89. The lowest BCUT2D eigenvalue weighted by Gasteiger charge is -2.09. The molecular weight excluding hydrogens is 799 g/mol. The molecule has 0 bridgehead atoms. The average Bonchev–Trinajstić information content (AvgIpc) is 3.69. The summed E-state index contributed by atoms with van der Waals surface area (Å²) in [5.74, 6) is 1.26. The van der Waals surface area contributed by atoms with Crippen molar-refractivity contribution in [3.8, 4) is 11.5 Å². The standard InChI is InChI=1S/C24H33NO5S.C23H22N2O3S/c1-3-4-5-7-20-10-15-23(16-11-20)31(27,28)25-18-6-19-30-22-13-8-21(9-14-22)12-17-24(26)29-2;26-29(27,25-15-14-19-16-24-23-9-5-4-8-22(19)23)21-12-10-18(11-13-21)17-28-20-6-2-1-3-7-20/h8-11,13-16,25H,3-7,12,17-19H2,1-2H3;1-13,16,24-25H,14-15,17H2. The van der Waals surface area contributed by atoms with Gasteiger partial charge in [-0.05, 0) is 109 Å². The van der Waals surface area contributed by atoms with Crippen molar-refractivity contribution in [2.45, 2.75) is 74.7 Å². The summed E-state index contributed by atoms with van der Waals surface area (Å²) in [6, 6.07) is 38.9. The molecule has 0 saturated carbocycles. The average molecular weight is 854 g/mol. The SMILES string of the molecule is CCCCCc1ccc(S(=O)(=O)NCCCOc2ccc(CCC(=O)OC)cc2)cc1.O=S(=O)(NCCc1c[nH]c2ccccc12)c1ccc(COc2ccccc2)cc1. The summed E-state index contributed by atoms with van der Waals surface area (Å²) < 4.78 is 71.3. The van der Waals surface area contributed by atoms with Gasteiger partial charge < -0.3 is 19.2 Å². The second-order valence-corrected chi connectivity index (χ2v) is 17.7. The van der Waals surface area contributed by atoms with Crippen LogP contribution in [0.2, 0.25) is 0 Å².